The second kappa shape index (κ2) is 17.8. The van der Waals surface area contributed by atoms with Crippen LogP contribution in [0.2, 0.25) is 0 Å². The standard InChI is InChI=1S/C17H24F6N2O4.C13H24N2O2.C3H2F6O/c1-14(2,3)29-13(27)25-8-4-5-15(25)6-9-24(10-7-15)12(26)28-11(16(18,19)20)17(21,22)23;1-12(2,3)17-11(16)15-10-4-5-13(15)6-8-14-9-7-13;4-2(5,6)1(10)3(7,8)9/h11H,4-10H2,1-3H3;14H,4-10H2,1-3H3;1,10H. The van der Waals surface area contributed by atoms with E-state index in [1.165, 1.54) is 0 Å². The Balaban J connectivity index is 0.000000336. The zero-order valence-electron chi connectivity index (χ0n) is 31.8. The zero-order valence-corrected chi connectivity index (χ0v) is 31.8. The molecule has 4 rings (SSSR count). The van der Waals surface area contributed by atoms with Crippen molar-refractivity contribution >= 4 is 18.3 Å². The second-order valence-corrected chi connectivity index (χ2v) is 16.0. The third kappa shape index (κ3) is 14.1. The van der Waals surface area contributed by atoms with Gasteiger partial charge in [-0.3, -0.25) is 0 Å². The van der Waals surface area contributed by atoms with Gasteiger partial charge in [-0.25, -0.2) is 14.4 Å². The minimum absolute atomic E-state index is 0.0770. The lowest BCUT2D eigenvalue weighted by Crippen LogP contribution is -2.56. The molecule has 328 valence electrons. The fraction of sp³-hybridized carbons (Fsp3) is 0.909. The number of nitrogens with zero attached hydrogens (tertiary/aromatic N) is 3. The summed E-state index contributed by atoms with van der Waals surface area (Å²) >= 11 is 0. The maximum absolute atomic E-state index is 12.6. The fourth-order valence-corrected chi connectivity index (χ4v) is 6.80. The minimum atomic E-state index is -5.76. The number of halogens is 12. The minimum Gasteiger partial charge on any atom is -0.444 e. The Hall–Kier alpha value is -3.11. The number of hydrogen-bond donors (Lipinski definition) is 2. The number of aliphatic hydroxyl groups excluding tert-OH is 1. The predicted octanol–water partition coefficient (Wildman–Crippen LogP) is 8.09. The lowest BCUT2D eigenvalue weighted by molar-refractivity contribution is -0.309. The van der Waals surface area contributed by atoms with Gasteiger partial charge < -0.3 is 39.3 Å². The van der Waals surface area contributed by atoms with Gasteiger partial charge in [0, 0.05) is 37.3 Å². The molecule has 0 aromatic carbocycles. The van der Waals surface area contributed by atoms with Crippen LogP contribution >= 0.6 is 0 Å². The monoisotopic (exact) mass is 842 g/mol. The van der Waals surface area contributed by atoms with Gasteiger partial charge in [0.2, 0.25) is 6.10 Å². The van der Waals surface area contributed by atoms with Gasteiger partial charge >= 0.3 is 43.0 Å². The van der Waals surface area contributed by atoms with Crippen LogP contribution in [0.5, 0.6) is 0 Å². The van der Waals surface area contributed by atoms with Crippen LogP contribution in [0.3, 0.4) is 0 Å². The van der Waals surface area contributed by atoms with Crippen molar-refractivity contribution in [2.24, 2.45) is 0 Å². The molecule has 0 aromatic heterocycles. The van der Waals surface area contributed by atoms with E-state index in [2.05, 4.69) is 10.1 Å². The van der Waals surface area contributed by atoms with Crippen molar-refractivity contribution in [2.75, 3.05) is 39.3 Å². The van der Waals surface area contributed by atoms with Crippen molar-refractivity contribution in [3.8, 4) is 0 Å². The summed E-state index contributed by atoms with van der Waals surface area (Å²) in [6.45, 7) is 14.0. The number of ether oxygens (including phenoxy) is 3. The molecule has 3 amide bonds. The van der Waals surface area contributed by atoms with Crippen molar-refractivity contribution in [1.29, 1.82) is 0 Å². The van der Waals surface area contributed by atoms with E-state index in [0.717, 1.165) is 50.2 Å². The van der Waals surface area contributed by atoms with Crippen LogP contribution < -0.4 is 5.32 Å². The summed E-state index contributed by atoms with van der Waals surface area (Å²) in [5.74, 6) is 0. The van der Waals surface area contributed by atoms with E-state index in [0.29, 0.717) is 19.4 Å². The van der Waals surface area contributed by atoms with Crippen molar-refractivity contribution in [3.63, 3.8) is 0 Å². The molecular formula is C33H50F12N4O7. The lowest BCUT2D eigenvalue weighted by Gasteiger charge is -2.44. The van der Waals surface area contributed by atoms with Gasteiger partial charge in [0.25, 0.3) is 6.10 Å². The summed E-state index contributed by atoms with van der Waals surface area (Å²) in [4.78, 5) is 40.9. The first kappa shape index (κ1) is 49.0. The van der Waals surface area contributed by atoms with Crippen LogP contribution in [-0.4, -0.2) is 137 Å². The average Bonchev–Trinajstić information content (AvgIpc) is 3.61. The maximum atomic E-state index is 12.6. The Morgan fingerprint density at radius 3 is 1.21 bits per heavy atom. The zero-order chi connectivity index (χ0) is 43.3. The van der Waals surface area contributed by atoms with Crippen LogP contribution in [0.4, 0.5) is 67.1 Å². The van der Waals surface area contributed by atoms with Crippen LogP contribution in [0.25, 0.3) is 0 Å². The molecule has 0 atom stereocenters. The topological polar surface area (TPSA) is 121 Å². The molecule has 0 radical (unpaired) electrons. The molecule has 4 heterocycles. The maximum Gasteiger partial charge on any atom is 0.434 e. The van der Waals surface area contributed by atoms with Crippen LogP contribution in [0, 0.1) is 0 Å². The fourth-order valence-electron chi connectivity index (χ4n) is 6.80. The molecule has 2 spiro atoms. The van der Waals surface area contributed by atoms with Crippen molar-refractivity contribution in [3.05, 3.63) is 0 Å². The first-order valence-corrected chi connectivity index (χ1v) is 17.8. The van der Waals surface area contributed by atoms with E-state index >= 15 is 0 Å². The van der Waals surface area contributed by atoms with Gasteiger partial charge in [-0.05, 0) is 106 Å². The summed E-state index contributed by atoms with van der Waals surface area (Å²) in [5.41, 5.74) is -1.66. The second-order valence-electron chi connectivity index (χ2n) is 16.0. The van der Waals surface area contributed by atoms with Crippen LogP contribution in [-0.2, 0) is 14.2 Å². The SMILES string of the molecule is CC(C)(C)OC(=O)N1CCCC12CCN(C(=O)OC(C(F)(F)F)C(F)(F)F)CC2.CC(C)(C)OC(=O)N1CCCC12CCNCC2.OC(C(F)(F)F)C(F)(F)F. The molecule has 23 heteroatoms. The number of likely N-dealkylation sites (tertiary alicyclic amines) is 3. The Morgan fingerprint density at radius 2 is 0.911 bits per heavy atom. The molecule has 11 nitrogen and oxygen atoms in total. The summed E-state index contributed by atoms with van der Waals surface area (Å²) in [6, 6.07) is 0. The molecule has 0 unspecified atom stereocenters. The summed E-state index contributed by atoms with van der Waals surface area (Å²) < 4.78 is 156. The third-order valence-electron chi connectivity index (χ3n) is 9.34. The molecule has 0 aliphatic carbocycles. The van der Waals surface area contributed by atoms with Crippen molar-refractivity contribution in [1.82, 2.24) is 20.0 Å². The van der Waals surface area contributed by atoms with Crippen LogP contribution in [0.15, 0.2) is 0 Å². The summed E-state index contributed by atoms with van der Waals surface area (Å²) in [5, 5.41) is 10.8. The van der Waals surface area contributed by atoms with E-state index in [1.807, 2.05) is 25.7 Å². The quantitative estimate of drug-likeness (QED) is 0.201. The van der Waals surface area contributed by atoms with E-state index in [1.54, 1.807) is 25.7 Å². The number of piperidine rings is 2. The molecule has 0 bridgehead atoms. The van der Waals surface area contributed by atoms with Crippen LogP contribution in [0.1, 0.15) is 92.9 Å². The normalized spacial score (nSPS) is 20.4. The number of nitrogens with one attached hydrogen (secondary N) is 1. The van der Waals surface area contributed by atoms with Crippen molar-refractivity contribution < 1.29 is 86.4 Å². The van der Waals surface area contributed by atoms with Gasteiger partial charge in [0.05, 0.1) is 0 Å². The summed E-state index contributed by atoms with van der Waals surface area (Å²) in [6.07, 6.45) is -27.4. The Bertz CT molecular complexity index is 1290. The number of aliphatic hydroxyl groups is 1. The van der Waals surface area contributed by atoms with Gasteiger partial charge in [0.1, 0.15) is 11.2 Å². The molecule has 2 N–H and O–H groups in total. The highest BCUT2D eigenvalue weighted by atomic mass is 19.4. The Kier molecular flexibility index (Phi) is 15.6. The summed E-state index contributed by atoms with van der Waals surface area (Å²) in [7, 11) is 0. The lowest BCUT2D eigenvalue weighted by atomic mass is 9.85. The largest absolute Gasteiger partial charge is 0.444 e. The highest BCUT2D eigenvalue weighted by Gasteiger charge is 2.61. The number of alkyl halides is 12. The number of amides is 3. The number of carbonyl (C=O) groups excluding carboxylic acids is 3. The van der Waals surface area contributed by atoms with E-state index < -0.39 is 65.8 Å². The molecule has 4 aliphatic heterocycles. The molecular weight excluding hydrogens is 792 g/mol. The van der Waals surface area contributed by atoms with E-state index in [-0.39, 0.29) is 37.6 Å². The molecule has 4 aliphatic rings. The molecule has 56 heavy (non-hydrogen) atoms. The third-order valence-corrected chi connectivity index (χ3v) is 9.34. The smallest absolute Gasteiger partial charge is 0.434 e. The van der Waals surface area contributed by atoms with Gasteiger partial charge in [0.15, 0.2) is 0 Å². The Morgan fingerprint density at radius 1 is 0.554 bits per heavy atom. The van der Waals surface area contributed by atoms with E-state index in [4.69, 9.17) is 14.6 Å². The number of carbonyl (C=O) groups is 3. The molecule has 0 aromatic rings. The average molecular weight is 843 g/mol. The van der Waals surface area contributed by atoms with Gasteiger partial charge in [-0.1, -0.05) is 0 Å². The van der Waals surface area contributed by atoms with Gasteiger partial charge in [-0.15, -0.1) is 0 Å². The first-order chi connectivity index (χ1) is 25.1. The predicted molar refractivity (Wildman–Crippen MR) is 173 cm³/mol. The Labute approximate surface area is 316 Å². The first-order valence-electron chi connectivity index (χ1n) is 17.8. The highest BCUT2D eigenvalue weighted by Crippen LogP contribution is 2.41. The van der Waals surface area contributed by atoms with E-state index in [9.17, 15) is 67.1 Å². The number of hydrogen-bond acceptors (Lipinski definition) is 8. The molecule has 0 saturated carbocycles. The van der Waals surface area contributed by atoms with Gasteiger partial charge in [-0.2, -0.15) is 52.7 Å². The highest BCUT2D eigenvalue weighted by molar-refractivity contribution is 5.71. The number of rotatable bonds is 1. The molecule has 4 fully saturated rings. The van der Waals surface area contributed by atoms with Crippen molar-refractivity contribution in [2.45, 2.75) is 152 Å². The molecule has 4 saturated heterocycles.